The topological polar surface area (TPSA) is 40.5 Å². The third-order valence-corrected chi connectivity index (χ3v) is 4.15. The molecule has 0 bridgehead atoms. The molecule has 0 aliphatic rings. The molecule has 0 spiro atoms. The first-order valence-corrected chi connectivity index (χ1v) is 8.04. The van der Waals surface area contributed by atoms with Crippen molar-refractivity contribution in [2.24, 2.45) is 0 Å². The molecule has 1 unspecified atom stereocenters. The molecule has 130 valence electrons. The SMILES string of the molecule is CCC(C)c1cc(C(=O)c2ccccc2)cc(CN(C)C)c1O.Cl. The van der Waals surface area contributed by atoms with Gasteiger partial charge < -0.3 is 10.0 Å². The third kappa shape index (κ3) is 4.59. The molecule has 2 aromatic carbocycles. The van der Waals surface area contributed by atoms with Gasteiger partial charge in [0.15, 0.2) is 5.78 Å². The molecule has 1 atom stereocenters. The van der Waals surface area contributed by atoms with E-state index in [2.05, 4.69) is 13.8 Å². The highest BCUT2D eigenvalue weighted by Crippen LogP contribution is 2.33. The van der Waals surface area contributed by atoms with Crippen molar-refractivity contribution in [1.29, 1.82) is 0 Å². The minimum Gasteiger partial charge on any atom is -0.507 e. The van der Waals surface area contributed by atoms with E-state index in [0.717, 1.165) is 17.5 Å². The molecule has 0 heterocycles. The van der Waals surface area contributed by atoms with E-state index in [4.69, 9.17) is 0 Å². The minimum absolute atomic E-state index is 0. The fraction of sp³-hybridized carbons (Fsp3) is 0.350. The summed E-state index contributed by atoms with van der Waals surface area (Å²) >= 11 is 0. The second-order valence-corrected chi connectivity index (χ2v) is 6.32. The van der Waals surface area contributed by atoms with Crippen molar-refractivity contribution < 1.29 is 9.90 Å². The van der Waals surface area contributed by atoms with Gasteiger partial charge in [-0.1, -0.05) is 44.2 Å². The monoisotopic (exact) mass is 347 g/mol. The van der Waals surface area contributed by atoms with Gasteiger partial charge in [-0.25, -0.2) is 0 Å². The molecule has 0 aliphatic heterocycles. The van der Waals surface area contributed by atoms with Gasteiger partial charge in [-0.2, -0.15) is 0 Å². The van der Waals surface area contributed by atoms with Gasteiger partial charge in [-0.05, 0) is 44.1 Å². The predicted octanol–water partition coefficient (Wildman–Crippen LogP) is 4.62. The summed E-state index contributed by atoms with van der Waals surface area (Å²) in [5.74, 6) is 0.521. The molecule has 0 radical (unpaired) electrons. The molecule has 1 N–H and O–H groups in total. The second-order valence-electron chi connectivity index (χ2n) is 6.32. The maximum atomic E-state index is 12.8. The number of phenolic OH excluding ortho intramolecular Hbond substituents is 1. The second kappa shape index (κ2) is 8.86. The molecule has 24 heavy (non-hydrogen) atoms. The van der Waals surface area contributed by atoms with Crippen molar-refractivity contribution >= 4 is 18.2 Å². The molecule has 0 amide bonds. The Kier molecular flexibility index (Phi) is 7.46. The zero-order valence-corrected chi connectivity index (χ0v) is 15.6. The van der Waals surface area contributed by atoms with E-state index < -0.39 is 0 Å². The van der Waals surface area contributed by atoms with Gasteiger partial charge in [0.05, 0.1) is 0 Å². The van der Waals surface area contributed by atoms with Crippen LogP contribution in [0.5, 0.6) is 5.75 Å². The van der Waals surface area contributed by atoms with Crippen LogP contribution in [0.4, 0.5) is 0 Å². The summed E-state index contributed by atoms with van der Waals surface area (Å²) in [5.41, 5.74) is 2.96. The van der Waals surface area contributed by atoms with Crippen LogP contribution in [0.2, 0.25) is 0 Å². The summed E-state index contributed by atoms with van der Waals surface area (Å²) < 4.78 is 0. The van der Waals surface area contributed by atoms with Crippen molar-refractivity contribution in [2.45, 2.75) is 32.7 Å². The molecule has 0 fully saturated rings. The number of carbonyl (C=O) groups is 1. The Balaban J connectivity index is 0.00000288. The summed E-state index contributed by atoms with van der Waals surface area (Å²) in [6.45, 7) is 4.76. The maximum Gasteiger partial charge on any atom is 0.193 e. The van der Waals surface area contributed by atoms with Crippen LogP contribution in [-0.4, -0.2) is 29.9 Å². The first-order chi connectivity index (χ1) is 10.9. The Labute approximate surface area is 150 Å². The third-order valence-electron chi connectivity index (χ3n) is 4.15. The zero-order chi connectivity index (χ0) is 17.0. The lowest BCUT2D eigenvalue weighted by atomic mass is 9.90. The lowest BCUT2D eigenvalue weighted by Crippen LogP contribution is -2.13. The van der Waals surface area contributed by atoms with E-state index in [0.29, 0.717) is 23.4 Å². The molecular formula is C20H26ClNO2. The van der Waals surface area contributed by atoms with E-state index in [9.17, 15) is 9.90 Å². The van der Waals surface area contributed by atoms with E-state index in [-0.39, 0.29) is 24.1 Å². The number of rotatable bonds is 6. The Bertz CT molecular complexity index is 684. The number of hydrogen-bond donors (Lipinski definition) is 1. The number of benzene rings is 2. The van der Waals surface area contributed by atoms with E-state index in [1.807, 2.05) is 61.5 Å². The van der Waals surface area contributed by atoms with Crippen molar-refractivity contribution in [1.82, 2.24) is 4.90 Å². The molecular weight excluding hydrogens is 322 g/mol. The average Bonchev–Trinajstić information content (AvgIpc) is 2.55. The van der Waals surface area contributed by atoms with Crippen LogP contribution in [0.1, 0.15) is 53.2 Å². The van der Waals surface area contributed by atoms with Gasteiger partial charge in [-0.3, -0.25) is 4.79 Å². The standard InChI is InChI=1S/C20H25NO2.ClH/c1-5-14(2)18-12-16(11-17(20(18)23)13-21(3)4)19(22)15-9-7-6-8-10-15;/h6-12,14,23H,5,13H2,1-4H3;1H. The largest absolute Gasteiger partial charge is 0.507 e. The molecule has 0 aromatic heterocycles. The number of nitrogens with zero attached hydrogens (tertiary/aromatic N) is 1. The minimum atomic E-state index is -0.00448. The van der Waals surface area contributed by atoms with Crippen LogP contribution < -0.4 is 0 Å². The quantitative estimate of drug-likeness (QED) is 0.775. The highest BCUT2D eigenvalue weighted by Gasteiger charge is 2.18. The summed E-state index contributed by atoms with van der Waals surface area (Å²) in [6.07, 6.45) is 0.915. The van der Waals surface area contributed by atoms with Gasteiger partial charge in [0.2, 0.25) is 0 Å². The van der Waals surface area contributed by atoms with Gasteiger partial charge in [0.25, 0.3) is 0 Å². The summed E-state index contributed by atoms with van der Waals surface area (Å²) in [5, 5.41) is 10.6. The van der Waals surface area contributed by atoms with Crippen LogP contribution in [0.15, 0.2) is 42.5 Å². The summed E-state index contributed by atoms with van der Waals surface area (Å²) in [6, 6.07) is 12.9. The molecule has 2 aromatic rings. The molecule has 0 saturated carbocycles. The molecule has 3 nitrogen and oxygen atoms in total. The van der Waals surface area contributed by atoms with Crippen LogP contribution in [0, 0.1) is 0 Å². The first-order valence-electron chi connectivity index (χ1n) is 8.04. The van der Waals surface area contributed by atoms with Crippen LogP contribution in [0.3, 0.4) is 0 Å². The predicted molar refractivity (Wildman–Crippen MR) is 101 cm³/mol. The molecule has 0 aliphatic carbocycles. The number of ketones is 1. The molecule has 0 saturated heterocycles. The van der Waals surface area contributed by atoms with Crippen LogP contribution >= 0.6 is 12.4 Å². The summed E-state index contributed by atoms with van der Waals surface area (Å²) in [7, 11) is 3.90. The fourth-order valence-electron chi connectivity index (χ4n) is 2.66. The van der Waals surface area contributed by atoms with Crippen LogP contribution in [0.25, 0.3) is 0 Å². The van der Waals surface area contributed by atoms with Crippen LogP contribution in [-0.2, 0) is 6.54 Å². The van der Waals surface area contributed by atoms with E-state index >= 15 is 0 Å². The van der Waals surface area contributed by atoms with Gasteiger partial charge in [0, 0.05) is 23.2 Å². The first kappa shape index (κ1) is 20.2. The van der Waals surface area contributed by atoms with Gasteiger partial charge in [0.1, 0.15) is 5.75 Å². The fourth-order valence-corrected chi connectivity index (χ4v) is 2.66. The van der Waals surface area contributed by atoms with E-state index in [1.54, 1.807) is 0 Å². The van der Waals surface area contributed by atoms with Crippen molar-refractivity contribution in [3.63, 3.8) is 0 Å². The highest BCUT2D eigenvalue weighted by atomic mass is 35.5. The average molecular weight is 348 g/mol. The van der Waals surface area contributed by atoms with Gasteiger partial charge in [-0.15, -0.1) is 12.4 Å². The normalized spacial score (nSPS) is 11.9. The lowest BCUT2D eigenvalue weighted by molar-refractivity contribution is 0.103. The molecule has 4 heteroatoms. The van der Waals surface area contributed by atoms with Crippen molar-refractivity contribution in [3.8, 4) is 5.75 Å². The Morgan fingerprint density at radius 1 is 1.12 bits per heavy atom. The number of hydrogen-bond acceptors (Lipinski definition) is 3. The summed E-state index contributed by atoms with van der Waals surface area (Å²) in [4.78, 5) is 14.8. The van der Waals surface area contributed by atoms with Crippen molar-refractivity contribution in [3.05, 3.63) is 64.7 Å². The Morgan fingerprint density at radius 3 is 2.29 bits per heavy atom. The van der Waals surface area contributed by atoms with E-state index in [1.165, 1.54) is 0 Å². The highest BCUT2D eigenvalue weighted by molar-refractivity contribution is 6.09. The Hall–Kier alpha value is -1.84. The number of aromatic hydroxyl groups is 1. The Morgan fingerprint density at radius 2 is 1.75 bits per heavy atom. The van der Waals surface area contributed by atoms with Crippen molar-refractivity contribution in [2.75, 3.05) is 14.1 Å². The number of phenols is 1. The lowest BCUT2D eigenvalue weighted by Gasteiger charge is -2.19. The maximum absolute atomic E-state index is 12.8. The zero-order valence-electron chi connectivity index (χ0n) is 14.7. The van der Waals surface area contributed by atoms with Gasteiger partial charge >= 0.3 is 0 Å². The number of carbonyl (C=O) groups excluding carboxylic acids is 1. The number of halogens is 1. The molecule has 2 rings (SSSR count). The smallest absolute Gasteiger partial charge is 0.193 e.